The maximum Gasteiger partial charge on any atom is 0.155 e. The van der Waals surface area contributed by atoms with Crippen LogP contribution in [0.2, 0.25) is 0 Å². The van der Waals surface area contributed by atoms with E-state index in [2.05, 4.69) is 4.94 Å². The molecule has 1 fully saturated rings. The molecule has 1 heterocycles. The molecule has 0 aromatic rings. The molecule has 0 aromatic heterocycles. The van der Waals surface area contributed by atoms with Crippen molar-refractivity contribution in [1.29, 1.82) is 0 Å². The molecule has 0 aliphatic carbocycles. The van der Waals surface area contributed by atoms with Crippen LogP contribution < -0.4 is 0 Å². The molecule has 1 saturated heterocycles. The van der Waals surface area contributed by atoms with E-state index in [9.17, 15) is 4.53 Å². The Bertz CT molecular complexity index is 110. The van der Waals surface area contributed by atoms with E-state index in [1.165, 1.54) is 0 Å². The van der Waals surface area contributed by atoms with Gasteiger partial charge in [-0.3, -0.25) is 0 Å². The van der Waals surface area contributed by atoms with Crippen molar-refractivity contribution in [3.8, 4) is 0 Å². The Labute approximate surface area is 57.1 Å². The van der Waals surface area contributed by atoms with E-state index in [4.69, 9.17) is 14.9 Å². The van der Waals surface area contributed by atoms with Crippen molar-refractivity contribution < 1.29 is 24.4 Å². The molecule has 0 aromatic carbocycles. The average Bonchev–Trinajstić information content (AvgIpc) is 2.30. The fourth-order valence-electron chi connectivity index (χ4n) is 0.933. The fraction of sp³-hybridized carbons (Fsp3) is 1.00. The molecule has 2 N–H and O–H groups in total. The Kier molecular flexibility index (Phi) is 2.56. The van der Waals surface area contributed by atoms with Crippen LogP contribution >= 0.6 is 0 Å². The lowest BCUT2D eigenvalue weighted by molar-refractivity contribution is -0.213. The first-order valence-electron chi connectivity index (χ1n) is 2.97. The molecule has 60 valence electrons. The van der Waals surface area contributed by atoms with Gasteiger partial charge in [0.2, 0.25) is 0 Å². The van der Waals surface area contributed by atoms with E-state index < -0.39 is 18.3 Å². The highest BCUT2D eigenvalue weighted by Gasteiger charge is 2.37. The summed E-state index contributed by atoms with van der Waals surface area (Å²) >= 11 is 0. The Morgan fingerprint density at radius 1 is 1.70 bits per heavy atom. The zero-order valence-corrected chi connectivity index (χ0v) is 5.24. The number of hydrogen-bond donors (Lipinski definition) is 2. The summed E-state index contributed by atoms with van der Waals surface area (Å²) < 4.78 is 16.3. The monoisotopic (exact) mass is 152 g/mol. The van der Waals surface area contributed by atoms with Crippen molar-refractivity contribution in [3.63, 3.8) is 0 Å². The molecule has 0 amide bonds. The largest absolute Gasteiger partial charge is 0.394 e. The standard InChI is InChI=1S/C5H9FO4/c6-10-5-3(8)2-9-4(5)1-7/h3-5,7-8H,1-2H2/t3-,4-,5+/m1/s1. The molecule has 0 radical (unpaired) electrons. The third-order valence-electron chi connectivity index (χ3n) is 1.51. The Morgan fingerprint density at radius 2 is 2.40 bits per heavy atom. The number of aliphatic hydroxyl groups excluding tert-OH is 2. The van der Waals surface area contributed by atoms with E-state index in [0.717, 1.165) is 0 Å². The molecule has 1 rings (SSSR count). The first kappa shape index (κ1) is 7.87. The Morgan fingerprint density at radius 3 is 2.80 bits per heavy atom. The summed E-state index contributed by atoms with van der Waals surface area (Å²) in [6, 6.07) is 0. The zero-order chi connectivity index (χ0) is 7.56. The van der Waals surface area contributed by atoms with Gasteiger partial charge in [-0.2, -0.15) is 4.94 Å². The summed E-state index contributed by atoms with van der Waals surface area (Å²) in [6.07, 6.45) is -2.74. The highest BCUT2D eigenvalue weighted by molar-refractivity contribution is 4.83. The number of rotatable bonds is 2. The highest BCUT2D eigenvalue weighted by Crippen LogP contribution is 2.17. The van der Waals surface area contributed by atoms with Gasteiger partial charge in [0.05, 0.1) is 13.2 Å². The van der Waals surface area contributed by atoms with E-state index in [0.29, 0.717) is 0 Å². The molecule has 4 nitrogen and oxygen atoms in total. The van der Waals surface area contributed by atoms with Crippen LogP contribution in [0, 0.1) is 0 Å². The quantitative estimate of drug-likeness (QED) is 0.533. The maximum atomic E-state index is 11.5. The van der Waals surface area contributed by atoms with Crippen LogP contribution in [0.1, 0.15) is 0 Å². The number of aliphatic hydroxyl groups is 2. The minimum atomic E-state index is -1.04. The van der Waals surface area contributed by atoms with Crippen LogP contribution in [0.15, 0.2) is 0 Å². The van der Waals surface area contributed by atoms with E-state index in [1.807, 2.05) is 0 Å². The summed E-state index contributed by atoms with van der Waals surface area (Å²) in [7, 11) is 0. The minimum Gasteiger partial charge on any atom is -0.394 e. The summed E-state index contributed by atoms with van der Waals surface area (Å²) in [4.78, 5) is 3.39. The summed E-state index contributed by atoms with van der Waals surface area (Å²) in [5, 5.41) is 17.4. The molecule has 1 aliphatic rings. The van der Waals surface area contributed by atoms with Crippen molar-refractivity contribution in [2.45, 2.75) is 18.3 Å². The first-order chi connectivity index (χ1) is 4.79. The summed E-state index contributed by atoms with van der Waals surface area (Å²) in [5.41, 5.74) is 0. The van der Waals surface area contributed by atoms with Crippen LogP contribution in [0.5, 0.6) is 0 Å². The molecule has 0 unspecified atom stereocenters. The van der Waals surface area contributed by atoms with Crippen molar-refractivity contribution in [1.82, 2.24) is 0 Å². The van der Waals surface area contributed by atoms with Crippen LogP contribution in [0.4, 0.5) is 4.53 Å². The molecule has 0 spiro atoms. The Hall–Kier alpha value is -0.230. The topological polar surface area (TPSA) is 58.9 Å². The predicted molar refractivity (Wildman–Crippen MR) is 28.8 cm³/mol. The lowest BCUT2D eigenvalue weighted by atomic mass is 10.2. The molecule has 0 bridgehead atoms. The third kappa shape index (κ3) is 1.27. The molecule has 5 heteroatoms. The lowest BCUT2D eigenvalue weighted by Crippen LogP contribution is -2.33. The number of hydrogen-bond acceptors (Lipinski definition) is 4. The van der Waals surface area contributed by atoms with Gasteiger partial charge in [-0.1, -0.05) is 0 Å². The van der Waals surface area contributed by atoms with Crippen LogP contribution in [0.25, 0.3) is 0 Å². The second kappa shape index (κ2) is 3.25. The second-order valence-corrected chi connectivity index (χ2v) is 2.18. The zero-order valence-electron chi connectivity index (χ0n) is 5.24. The minimum absolute atomic E-state index is 0.0137. The van der Waals surface area contributed by atoms with Gasteiger partial charge in [0.1, 0.15) is 12.2 Å². The first-order valence-corrected chi connectivity index (χ1v) is 2.97. The lowest BCUT2D eigenvalue weighted by Gasteiger charge is -2.11. The van der Waals surface area contributed by atoms with Gasteiger partial charge in [0.15, 0.2) is 6.10 Å². The second-order valence-electron chi connectivity index (χ2n) is 2.18. The predicted octanol–water partition coefficient (Wildman–Crippen LogP) is -0.992. The number of halogens is 1. The molecule has 1 aliphatic heterocycles. The van der Waals surface area contributed by atoms with Crippen LogP contribution in [0.3, 0.4) is 0 Å². The van der Waals surface area contributed by atoms with Gasteiger partial charge in [-0.05, 0) is 4.53 Å². The highest BCUT2D eigenvalue weighted by atomic mass is 19.3. The Balaban J connectivity index is 2.45. The van der Waals surface area contributed by atoms with Crippen molar-refractivity contribution >= 4 is 0 Å². The van der Waals surface area contributed by atoms with Gasteiger partial charge in [0, 0.05) is 0 Å². The normalized spacial score (nSPS) is 40.5. The van der Waals surface area contributed by atoms with Crippen molar-refractivity contribution in [2.75, 3.05) is 13.2 Å². The van der Waals surface area contributed by atoms with E-state index in [-0.39, 0.29) is 13.2 Å². The molecular formula is C5H9FO4. The SMILES string of the molecule is OC[C@H]1OC[C@@H](O)[C@@H]1OF. The van der Waals surface area contributed by atoms with E-state index in [1.54, 1.807) is 0 Å². The van der Waals surface area contributed by atoms with Crippen LogP contribution in [-0.4, -0.2) is 41.7 Å². The molecule has 3 atom stereocenters. The van der Waals surface area contributed by atoms with Gasteiger partial charge < -0.3 is 14.9 Å². The van der Waals surface area contributed by atoms with Crippen LogP contribution in [-0.2, 0) is 9.68 Å². The number of ether oxygens (including phenoxy) is 1. The summed E-state index contributed by atoms with van der Waals surface area (Å²) in [6.45, 7) is -0.328. The van der Waals surface area contributed by atoms with Gasteiger partial charge in [0.25, 0.3) is 0 Å². The maximum absolute atomic E-state index is 11.5. The van der Waals surface area contributed by atoms with Gasteiger partial charge >= 0.3 is 0 Å². The van der Waals surface area contributed by atoms with Crippen molar-refractivity contribution in [3.05, 3.63) is 0 Å². The van der Waals surface area contributed by atoms with E-state index >= 15 is 0 Å². The van der Waals surface area contributed by atoms with Gasteiger partial charge in [-0.15, -0.1) is 0 Å². The fourth-order valence-corrected chi connectivity index (χ4v) is 0.933. The smallest absolute Gasteiger partial charge is 0.155 e. The third-order valence-corrected chi connectivity index (χ3v) is 1.51. The molecule has 10 heavy (non-hydrogen) atoms. The summed E-state index contributed by atoms with van der Waals surface area (Å²) in [5.74, 6) is 0. The molecular weight excluding hydrogens is 143 g/mol. The van der Waals surface area contributed by atoms with Crippen molar-refractivity contribution in [2.24, 2.45) is 0 Å². The van der Waals surface area contributed by atoms with Gasteiger partial charge in [-0.25, -0.2) is 0 Å². The molecule has 0 saturated carbocycles. The average molecular weight is 152 g/mol.